The Balaban J connectivity index is 1.80. The first kappa shape index (κ1) is 14.8. The molecule has 3 rings (SSSR count). The van der Waals surface area contributed by atoms with Crippen LogP contribution >= 0.6 is 0 Å². The highest BCUT2D eigenvalue weighted by Crippen LogP contribution is 2.42. The number of fused-ring (bicyclic) bond motifs is 1. The van der Waals surface area contributed by atoms with Crippen molar-refractivity contribution in [3.8, 4) is 0 Å². The summed E-state index contributed by atoms with van der Waals surface area (Å²) in [5.74, 6) is 0.968. The van der Waals surface area contributed by atoms with E-state index in [2.05, 4.69) is 23.8 Å². The molecule has 116 valence electrons. The molecule has 2 unspecified atom stereocenters. The number of nitrogens with zero attached hydrogens (tertiary/aromatic N) is 2. The fourth-order valence-electron chi connectivity index (χ4n) is 5.19. The van der Waals surface area contributed by atoms with Crippen molar-refractivity contribution < 1.29 is 0 Å². The van der Waals surface area contributed by atoms with Crippen LogP contribution in [0.5, 0.6) is 0 Å². The fraction of sp³-hybridized carbons (Fsp3) is 1.00. The highest BCUT2D eigenvalue weighted by atomic mass is 15.3. The third-order valence-corrected chi connectivity index (χ3v) is 6.59. The molecule has 3 aliphatic rings. The first-order valence-corrected chi connectivity index (χ1v) is 8.83. The molecule has 2 heterocycles. The second kappa shape index (κ2) is 5.94. The molecule has 2 aliphatic heterocycles. The van der Waals surface area contributed by atoms with E-state index in [9.17, 15) is 0 Å². The van der Waals surface area contributed by atoms with Crippen LogP contribution in [0, 0.1) is 5.92 Å². The van der Waals surface area contributed by atoms with Gasteiger partial charge in [-0.05, 0) is 71.5 Å². The smallest absolute Gasteiger partial charge is 0.0361 e. The van der Waals surface area contributed by atoms with Gasteiger partial charge in [0.1, 0.15) is 0 Å². The van der Waals surface area contributed by atoms with Crippen molar-refractivity contribution in [3.63, 3.8) is 0 Å². The van der Waals surface area contributed by atoms with Gasteiger partial charge in [-0.1, -0.05) is 12.8 Å². The maximum atomic E-state index is 6.34. The lowest BCUT2D eigenvalue weighted by atomic mass is 9.73. The molecule has 2 saturated heterocycles. The van der Waals surface area contributed by atoms with Gasteiger partial charge in [0.25, 0.3) is 0 Å². The largest absolute Gasteiger partial charge is 0.329 e. The zero-order valence-corrected chi connectivity index (χ0v) is 13.5. The van der Waals surface area contributed by atoms with Crippen LogP contribution in [0.15, 0.2) is 0 Å². The van der Waals surface area contributed by atoms with Crippen LogP contribution in [-0.4, -0.2) is 54.1 Å². The minimum absolute atomic E-state index is 0.298. The highest BCUT2D eigenvalue weighted by Gasteiger charge is 2.46. The van der Waals surface area contributed by atoms with E-state index < -0.39 is 0 Å². The molecule has 0 radical (unpaired) electrons. The summed E-state index contributed by atoms with van der Waals surface area (Å²) in [6.45, 7) is 5.75. The molecule has 3 nitrogen and oxygen atoms in total. The Hall–Kier alpha value is -0.120. The summed E-state index contributed by atoms with van der Waals surface area (Å²) < 4.78 is 0. The van der Waals surface area contributed by atoms with Crippen LogP contribution in [0.4, 0.5) is 0 Å². The van der Waals surface area contributed by atoms with Crippen molar-refractivity contribution in [1.29, 1.82) is 0 Å². The van der Waals surface area contributed by atoms with Crippen molar-refractivity contribution in [1.82, 2.24) is 9.80 Å². The summed E-state index contributed by atoms with van der Waals surface area (Å²) in [4.78, 5) is 5.40. The second-order valence-electron chi connectivity index (χ2n) is 7.66. The minimum Gasteiger partial charge on any atom is -0.329 e. The molecular weight excluding hydrogens is 246 g/mol. The summed E-state index contributed by atoms with van der Waals surface area (Å²) in [6.07, 6.45) is 11.2. The molecule has 0 bridgehead atoms. The molecular formula is C17H33N3. The zero-order valence-electron chi connectivity index (χ0n) is 13.5. The van der Waals surface area contributed by atoms with Gasteiger partial charge in [0, 0.05) is 24.2 Å². The number of nitrogens with two attached hydrogens (primary N) is 1. The summed E-state index contributed by atoms with van der Waals surface area (Å²) in [5, 5.41) is 0. The van der Waals surface area contributed by atoms with Crippen LogP contribution < -0.4 is 5.73 Å². The van der Waals surface area contributed by atoms with E-state index in [-0.39, 0.29) is 0 Å². The van der Waals surface area contributed by atoms with E-state index in [0.29, 0.717) is 11.6 Å². The molecule has 0 aromatic carbocycles. The summed E-state index contributed by atoms with van der Waals surface area (Å²) in [5.41, 5.74) is 6.64. The summed E-state index contributed by atoms with van der Waals surface area (Å²) in [6, 6.07) is 1.52. The quantitative estimate of drug-likeness (QED) is 0.843. The summed E-state index contributed by atoms with van der Waals surface area (Å²) >= 11 is 0. The van der Waals surface area contributed by atoms with Gasteiger partial charge in [0.15, 0.2) is 0 Å². The third kappa shape index (κ3) is 2.53. The minimum atomic E-state index is 0.298. The highest BCUT2D eigenvalue weighted by molar-refractivity contribution is 5.03. The fourth-order valence-corrected chi connectivity index (χ4v) is 5.19. The van der Waals surface area contributed by atoms with Crippen molar-refractivity contribution in [2.75, 3.05) is 26.7 Å². The Bertz CT molecular complexity index is 330. The van der Waals surface area contributed by atoms with Gasteiger partial charge in [-0.25, -0.2) is 0 Å². The van der Waals surface area contributed by atoms with Crippen molar-refractivity contribution >= 4 is 0 Å². The number of hydrogen-bond acceptors (Lipinski definition) is 3. The number of hydrogen-bond donors (Lipinski definition) is 1. The van der Waals surface area contributed by atoms with E-state index in [0.717, 1.165) is 18.5 Å². The standard InChI is InChI=1S/C17H33N3/c1-14-12-17(13-18,9-11-19(14)2)20-10-5-7-15-6-3-4-8-16(15)20/h14-16H,3-13,18H2,1-2H3/t14?,15-,16-,17?/m1/s1. The lowest BCUT2D eigenvalue weighted by molar-refractivity contribution is -0.0624. The molecule has 0 aromatic heterocycles. The molecule has 20 heavy (non-hydrogen) atoms. The van der Waals surface area contributed by atoms with E-state index in [1.807, 2.05) is 0 Å². The van der Waals surface area contributed by atoms with E-state index >= 15 is 0 Å². The molecule has 0 amide bonds. The average Bonchev–Trinajstić information content (AvgIpc) is 2.50. The van der Waals surface area contributed by atoms with Crippen molar-refractivity contribution in [2.24, 2.45) is 11.7 Å². The second-order valence-corrected chi connectivity index (χ2v) is 7.66. The van der Waals surface area contributed by atoms with Crippen LogP contribution in [-0.2, 0) is 0 Å². The molecule has 1 saturated carbocycles. The molecule has 3 heteroatoms. The molecule has 0 spiro atoms. The van der Waals surface area contributed by atoms with Gasteiger partial charge in [-0.3, -0.25) is 4.90 Å². The Morgan fingerprint density at radius 3 is 2.60 bits per heavy atom. The van der Waals surface area contributed by atoms with Crippen LogP contribution in [0.1, 0.15) is 58.3 Å². The topological polar surface area (TPSA) is 32.5 Å². The van der Waals surface area contributed by atoms with Crippen LogP contribution in [0.25, 0.3) is 0 Å². The van der Waals surface area contributed by atoms with E-state index in [4.69, 9.17) is 5.73 Å². The Labute approximate surface area is 124 Å². The first-order chi connectivity index (χ1) is 9.66. The van der Waals surface area contributed by atoms with E-state index in [1.54, 1.807) is 0 Å². The van der Waals surface area contributed by atoms with Gasteiger partial charge in [-0.15, -0.1) is 0 Å². The summed E-state index contributed by atoms with van der Waals surface area (Å²) in [7, 11) is 2.27. The third-order valence-electron chi connectivity index (χ3n) is 6.59. The number of rotatable bonds is 2. The van der Waals surface area contributed by atoms with Gasteiger partial charge < -0.3 is 10.6 Å². The Morgan fingerprint density at radius 2 is 1.85 bits per heavy atom. The van der Waals surface area contributed by atoms with Gasteiger partial charge in [0.2, 0.25) is 0 Å². The van der Waals surface area contributed by atoms with Crippen LogP contribution in [0.3, 0.4) is 0 Å². The number of likely N-dealkylation sites (tertiary alicyclic amines) is 2. The molecule has 0 aromatic rings. The molecule has 1 aliphatic carbocycles. The molecule has 2 N–H and O–H groups in total. The van der Waals surface area contributed by atoms with Crippen molar-refractivity contribution in [2.45, 2.75) is 75.9 Å². The Kier molecular flexibility index (Phi) is 4.40. The predicted molar refractivity (Wildman–Crippen MR) is 84.8 cm³/mol. The van der Waals surface area contributed by atoms with Crippen molar-refractivity contribution in [3.05, 3.63) is 0 Å². The SMILES string of the molecule is CC1CC(CN)(N2CCC[C@H]3CCCC[C@H]32)CCN1C. The predicted octanol–water partition coefficient (Wildman–Crippen LogP) is 2.45. The van der Waals surface area contributed by atoms with Gasteiger partial charge in [-0.2, -0.15) is 0 Å². The maximum Gasteiger partial charge on any atom is 0.0361 e. The average molecular weight is 279 g/mol. The van der Waals surface area contributed by atoms with Gasteiger partial charge in [0.05, 0.1) is 0 Å². The molecule has 4 atom stereocenters. The lowest BCUT2D eigenvalue weighted by Gasteiger charge is -2.57. The monoisotopic (exact) mass is 279 g/mol. The van der Waals surface area contributed by atoms with Crippen LogP contribution in [0.2, 0.25) is 0 Å². The van der Waals surface area contributed by atoms with Gasteiger partial charge >= 0.3 is 0 Å². The Morgan fingerprint density at radius 1 is 1.10 bits per heavy atom. The first-order valence-electron chi connectivity index (χ1n) is 8.83. The lowest BCUT2D eigenvalue weighted by Crippen LogP contribution is -2.66. The zero-order chi connectivity index (χ0) is 14.2. The number of piperidine rings is 2. The molecule has 3 fully saturated rings. The van der Waals surface area contributed by atoms with E-state index in [1.165, 1.54) is 64.5 Å². The maximum absolute atomic E-state index is 6.34. The normalized spacial score (nSPS) is 44.2.